The van der Waals surface area contributed by atoms with E-state index in [-0.39, 0.29) is 11.7 Å². The van der Waals surface area contributed by atoms with Crippen LogP contribution in [0.1, 0.15) is 12.0 Å². The van der Waals surface area contributed by atoms with E-state index in [1.54, 1.807) is 18.2 Å². The Labute approximate surface area is 88.5 Å². The average molecular weight is 211 g/mol. The van der Waals surface area contributed by atoms with Gasteiger partial charge in [0.2, 0.25) is 0 Å². The third-order valence-corrected chi connectivity index (χ3v) is 2.95. The molecule has 1 N–H and O–H groups in total. The molecule has 2 atom stereocenters. The van der Waals surface area contributed by atoms with Crippen LogP contribution in [-0.4, -0.2) is 19.3 Å². The van der Waals surface area contributed by atoms with Crippen LogP contribution in [0.5, 0.6) is 0 Å². The fraction of sp³-hybridized carbons (Fsp3) is 0.500. The van der Waals surface area contributed by atoms with Crippen LogP contribution in [0, 0.1) is 11.7 Å². The van der Waals surface area contributed by atoms with Crippen LogP contribution in [0.4, 0.5) is 8.78 Å². The first-order chi connectivity index (χ1) is 7.27. The normalized spacial score (nSPS) is 26.5. The fourth-order valence-corrected chi connectivity index (χ4v) is 2.04. The van der Waals surface area contributed by atoms with Crippen LogP contribution < -0.4 is 5.32 Å². The molecule has 0 spiro atoms. The van der Waals surface area contributed by atoms with E-state index in [0.717, 1.165) is 6.54 Å². The van der Waals surface area contributed by atoms with Gasteiger partial charge in [0.15, 0.2) is 0 Å². The van der Waals surface area contributed by atoms with E-state index in [1.807, 2.05) is 0 Å². The summed E-state index contributed by atoms with van der Waals surface area (Å²) in [7, 11) is 0. The predicted octanol–water partition coefficient (Wildman–Crippen LogP) is 2.32. The van der Waals surface area contributed by atoms with Crippen molar-refractivity contribution < 1.29 is 8.78 Å². The summed E-state index contributed by atoms with van der Waals surface area (Å²) in [6, 6.07) is 6.61. The molecular weight excluding hydrogens is 196 g/mol. The number of halogens is 2. The van der Waals surface area contributed by atoms with Gasteiger partial charge in [-0.1, -0.05) is 18.2 Å². The molecule has 0 aromatic heterocycles. The van der Waals surface area contributed by atoms with Crippen molar-refractivity contribution in [1.82, 2.24) is 5.32 Å². The number of alkyl halides is 1. The quantitative estimate of drug-likeness (QED) is 0.791. The molecule has 0 radical (unpaired) electrons. The monoisotopic (exact) mass is 211 g/mol. The molecule has 1 aromatic carbocycles. The lowest BCUT2D eigenvalue weighted by Gasteiger charge is -2.26. The molecule has 1 fully saturated rings. The second-order valence-electron chi connectivity index (χ2n) is 4.06. The van der Waals surface area contributed by atoms with Gasteiger partial charge in [-0.05, 0) is 31.0 Å². The zero-order valence-electron chi connectivity index (χ0n) is 8.55. The molecule has 1 heterocycles. The van der Waals surface area contributed by atoms with Crippen LogP contribution in [-0.2, 0) is 6.42 Å². The molecule has 0 amide bonds. The van der Waals surface area contributed by atoms with Gasteiger partial charge in [-0.2, -0.15) is 0 Å². The minimum atomic E-state index is -0.800. The molecule has 0 saturated carbocycles. The third-order valence-electron chi connectivity index (χ3n) is 2.95. The summed E-state index contributed by atoms with van der Waals surface area (Å²) in [4.78, 5) is 0. The maximum absolute atomic E-state index is 13.5. The highest BCUT2D eigenvalue weighted by Crippen LogP contribution is 2.21. The van der Waals surface area contributed by atoms with Gasteiger partial charge >= 0.3 is 0 Å². The smallest absolute Gasteiger partial charge is 0.126 e. The van der Waals surface area contributed by atoms with Gasteiger partial charge in [-0.3, -0.25) is 0 Å². The molecule has 2 unspecified atom stereocenters. The standard InChI is InChI=1S/C12H15F2N/c13-11-4-2-1-3-9(11)7-10-8-15-6-5-12(10)14/h1-4,10,12,15H,5-8H2. The Morgan fingerprint density at radius 1 is 1.33 bits per heavy atom. The predicted molar refractivity (Wildman–Crippen MR) is 56.0 cm³/mol. The highest BCUT2D eigenvalue weighted by molar-refractivity contribution is 5.18. The Balaban J connectivity index is 2.04. The van der Waals surface area contributed by atoms with E-state index >= 15 is 0 Å². The largest absolute Gasteiger partial charge is 0.316 e. The topological polar surface area (TPSA) is 12.0 Å². The SMILES string of the molecule is Fc1ccccc1CC1CNCCC1F. The molecule has 0 bridgehead atoms. The molecule has 0 aliphatic carbocycles. The summed E-state index contributed by atoms with van der Waals surface area (Å²) < 4.78 is 26.8. The second-order valence-corrected chi connectivity index (χ2v) is 4.06. The van der Waals surface area contributed by atoms with Crippen LogP contribution in [0.3, 0.4) is 0 Å². The van der Waals surface area contributed by atoms with Crippen molar-refractivity contribution in [3.63, 3.8) is 0 Å². The van der Waals surface area contributed by atoms with E-state index < -0.39 is 6.17 Å². The highest BCUT2D eigenvalue weighted by atomic mass is 19.1. The molecule has 1 aliphatic heterocycles. The molecule has 1 saturated heterocycles. The number of rotatable bonds is 2. The number of hydrogen-bond donors (Lipinski definition) is 1. The van der Waals surface area contributed by atoms with E-state index in [2.05, 4.69) is 5.32 Å². The van der Waals surface area contributed by atoms with Gasteiger partial charge < -0.3 is 5.32 Å². The Morgan fingerprint density at radius 3 is 2.87 bits per heavy atom. The van der Waals surface area contributed by atoms with Crippen molar-refractivity contribution >= 4 is 0 Å². The number of benzene rings is 1. The number of piperidine rings is 1. The average Bonchev–Trinajstić information content (AvgIpc) is 2.24. The molecule has 3 heteroatoms. The second kappa shape index (κ2) is 4.71. The first kappa shape index (κ1) is 10.6. The Kier molecular flexibility index (Phi) is 3.31. The maximum atomic E-state index is 13.5. The molecule has 15 heavy (non-hydrogen) atoms. The molecular formula is C12H15F2N. The fourth-order valence-electron chi connectivity index (χ4n) is 2.04. The summed E-state index contributed by atoms with van der Waals surface area (Å²) in [5.74, 6) is -0.314. The lowest BCUT2D eigenvalue weighted by atomic mass is 9.90. The van der Waals surface area contributed by atoms with E-state index in [4.69, 9.17) is 0 Å². The summed E-state index contributed by atoms with van der Waals surface area (Å²) in [6.45, 7) is 1.38. The minimum absolute atomic E-state index is 0.0874. The summed E-state index contributed by atoms with van der Waals surface area (Å²) in [5.41, 5.74) is 0.619. The highest BCUT2D eigenvalue weighted by Gasteiger charge is 2.25. The molecule has 1 aliphatic rings. The van der Waals surface area contributed by atoms with Gasteiger partial charge in [-0.25, -0.2) is 8.78 Å². The zero-order chi connectivity index (χ0) is 10.7. The van der Waals surface area contributed by atoms with Crippen LogP contribution >= 0.6 is 0 Å². The molecule has 1 nitrogen and oxygen atoms in total. The van der Waals surface area contributed by atoms with Crippen LogP contribution in [0.25, 0.3) is 0 Å². The van der Waals surface area contributed by atoms with Crippen molar-refractivity contribution in [3.8, 4) is 0 Å². The van der Waals surface area contributed by atoms with Crippen molar-refractivity contribution in [2.75, 3.05) is 13.1 Å². The zero-order valence-corrected chi connectivity index (χ0v) is 8.55. The lowest BCUT2D eigenvalue weighted by molar-refractivity contribution is 0.177. The van der Waals surface area contributed by atoms with Gasteiger partial charge in [0.25, 0.3) is 0 Å². The third kappa shape index (κ3) is 2.53. The van der Waals surface area contributed by atoms with Crippen LogP contribution in [0.15, 0.2) is 24.3 Å². The van der Waals surface area contributed by atoms with Crippen molar-refractivity contribution in [2.45, 2.75) is 19.0 Å². The summed E-state index contributed by atoms with van der Waals surface area (Å²) >= 11 is 0. The maximum Gasteiger partial charge on any atom is 0.126 e. The Hall–Kier alpha value is -0.960. The van der Waals surface area contributed by atoms with Gasteiger partial charge in [0.05, 0.1) is 0 Å². The Morgan fingerprint density at radius 2 is 2.13 bits per heavy atom. The lowest BCUT2D eigenvalue weighted by Crippen LogP contribution is -2.38. The number of hydrogen-bond acceptors (Lipinski definition) is 1. The van der Waals surface area contributed by atoms with E-state index in [9.17, 15) is 8.78 Å². The first-order valence-electron chi connectivity index (χ1n) is 5.35. The van der Waals surface area contributed by atoms with Gasteiger partial charge in [0, 0.05) is 12.5 Å². The van der Waals surface area contributed by atoms with Gasteiger partial charge in [0.1, 0.15) is 12.0 Å². The Bertz CT molecular complexity index is 327. The van der Waals surface area contributed by atoms with Gasteiger partial charge in [-0.15, -0.1) is 0 Å². The molecule has 1 aromatic rings. The van der Waals surface area contributed by atoms with Crippen molar-refractivity contribution in [1.29, 1.82) is 0 Å². The summed E-state index contributed by atoms with van der Waals surface area (Å²) in [6.07, 6.45) is 0.228. The van der Waals surface area contributed by atoms with E-state index in [1.165, 1.54) is 6.07 Å². The van der Waals surface area contributed by atoms with E-state index in [0.29, 0.717) is 24.9 Å². The summed E-state index contributed by atoms with van der Waals surface area (Å²) in [5, 5.41) is 3.14. The molecule has 82 valence electrons. The first-order valence-corrected chi connectivity index (χ1v) is 5.35. The van der Waals surface area contributed by atoms with Crippen molar-refractivity contribution in [3.05, 3.63) is 35.6 Å². The van der Waals surface area contributed by atoms with Crippen LogP contribution in [0.2, 0.25) is 0 Å². The minimum Gasteiger partial charge on any atom is -0.316 e. The number of nitrogens with one attached hydrogen (secondary N) is 1. The molecule has 2 rings (SSSR count). The van der Waals surface area contributed by atoms with Crippen molar-refractivity contribution in [2.24, 2.45) is 5.92 Å².